The third-order valence-corrected chi connectivity index (χ3v) is 2.40. The third-order valence-electron chi connectivity index (χ3n) is 1.55. The van der Waals surface area contributed by atoms with Crippen LogP contribution in [0.1, 0.15) is 5.56 Å². The van der Waals surface area contributed by atoms with Crippen molar-refractivity contribution < 1.29 is 13.0 Å². The first kappa shape index (κ1) is 13.6. The Balaban J connectivity index is 0.00000144. The van der Waals surface area contributed by atoms with Crippen molar-refractivity contribution >= 4 is 67.2 Å². The zero-order valence-corrected chi connectivity index (χ0v) is 7.30. The summed E-state index contributed by atoms with van der Waals surface area (Å²) in [4.78, 5) is -0.175. The normalized spacial score (nSPS) is 10.6. The van der Waals surface area contributed by atoms with Gasteiger partial charge in [0, 0.05) is 5.69 Å². The first-order valence-corrected chi connectivity index (χ1v) is 4.69. The molecule has 3 N–H and O–H groups in total. The van der Waals surface area contributed by atoms with E-state index in [0.29, 0.717) is 5.69 Å². The van der Waals surface area contributed by atoms with Crippen molar-refractivity contribution in [1.82, 2.24) is 0 Å². The maximum atomic E-state index is 10.6. The molecule has 0 aliphatic rings. The molecule has 68 valence electrons. The van der Waals surface area contributed by atoms with E-state index < -0.39 is 10.1 Å². The van der Waals surface area contributed by atoms with Gasteiger partial charge in [-0.05, 0) is 24.6 Å². The summed E-state index contributed by atoms with van der Waals surface area (Å²) in [6.07, 6.45) is 0. The summed E-state index contributed by atoms with van der Waals surface area (Å²) in [7, 11) is -4.12. The number of aryl methyl sites for hydroxylation is 1. The van der Waals surface area contributed by atoms with Crippen LogP contribution >= 0.6 is 0 Å². The predicted octanol–water partition coefficient (Wildman–Crippen LogP) is 0.175. The van der Waals surface area contributed by atoms with E-state index in [0.717, 1.165) is 5.56 Å². The quantitative estimate of drug-likeness (QED) is 0.407. The monoisotopic (exact) mass is 227 g/mol. The number of nitrogens with two attached hydrogens (primary N) is 1. The first-order chi connectivity index (χ1) is 5.41. The Bertz CT molecular complexity index is 402. The van der Waals surface area contributed by atoms with Gasteiger partial charge in [0.2, 0.25) is 0 Å². The summed E-state index contributed by atoms with van der Waals surface area (Å²) >= 11 is 0. The Morgan fingerprint density at radius 1 is 1.38 bits per heavy atom. The number of hydrogen-bond acceptors (Lipinski definition) is 3. The molecule has 0 saturated carbocycles. The van der Waals surface area contributed by atoms with E-state index in [-0.39, 0.29) is 56.3 Å². The minimum atomic E-state index is -4.12. The fraction of sp³-hybridized carbons (Fsp3) is 0.143. The van der Waals surface area contributed by atoms with Crippen molar-refractivity contribution in [3.8, 4) is 0 Å². The predicted molar refractivity (Wildman–Crippen MR) is 52.6 cm³/mol. The Morgan fingerprint density at radius 3 is 2.31 bits per heavy atom. The van der Waals surface area contributed by atoms with Gasteiger partial charge in [0.15, 0.2) is 0 Å². The van der Waals surface area contributed by atoms with E-state index in [1.54, 1.807) is 13.0 Å². The van der Waals surface area contributed by atoms with Gasteiger partial charge in [-0.2, -0.15) is 8.42 Å². The molecule has 0 aliphatic carbocycles. The van der Waals surface area contributed by atoms with Gasteiger partial charge in [-0.15, -0.1) is 0 Å². The Labute approximate surface area is 120 Å². The molecule has 0 saturated heterocycles. The fourth-order valence-corrected chi connectivity index (χ4v) is 1.29. The van der Waals surface area contributed by atoms with Crippen LogP contribution in [0.15, 0.2) is 23.1 Å². The second kappa shape index (κ2) is 4.88. The molecule has 0 radical (unpaired) electrons. The van der Waals surface area contributed by atoms with Crippen molar-refractivity contribution in [2.75, 3.05) is 5.73 Å². The van der Waals surface area contributed by atoms with Gasteiger partial charge in [-0.1, -0.05) is 6.07 Å². The molecule has 0 fully saturated rings. The molecule has 0 bridgehead atoms. The topological polar surface area (TPSA) is 80.4 Å². The van der Waals surface area contributed by atoms with Crippen molar-refractivity contribution in [3.05, 3.63) is 23.8 Å². The summed E-state index contributed by atoms with van der Waals surface area (Å²) in [5.41, 5.74) is 6.57. The van der Waals surface area contributed by atoms with Crippen molar-refractivity contribution in [1.29, 1.82) is 0 Å². The van der Waals surface area contributed by atoms with Gasteiger partial charge in [0.1, 0.15) is 0 Å². The van der Waals surface area contributed by atoms with Gasteiger partial charge < -0.3 is 5.73 Å². The zero-order valence-electron chi connectivity index (χ0n) is 6.48. The van der Waals surface area contributed by atoms with Crippen LogP contribution in [0.3, 0.4) is 0 Å². The van der Waals surface area contributed by atoms with Gasteiger partial charge in [0.25, 0.3) is 10.1 Å². The molecule has 4 nitrogen and oxygen atoms in total. The molecule has 0 amide bonds. The number of benzene rings is 1. The van der Waals surface area contributed by atoms with Crippen molar-refractivity contribution in [2.45, 2.75) is 11.8 Å². The van der Waals surface area contributed by atoms with Crippen LogP contribution in [-0.2, 0) is 10.1 Å². The summed E-state index contributed by atoms with van der Waals surface area (Å²) in [6.45, 7) is 1.75. The average molecular weight is 227 g/mol. The van der Waals surface area contributed by atoms with Crippen molar-refractivity contribution in [2.24, 2.45) is 0 Å². The van der Waals surface area contributed by atoms with Gasteiger partial charge in [-0.25, -0.2) is 0 Å². The molecular weight excluding hydrogens is 217 g/mol. The minimum absolute atomic E-state index is 0. The fourth-order valence-electron chi connectivity index (χ4n) is 0.779. The number of nitrogen functional groups attached to an aromatic ring is 1. The molecule has 0 unspecified atom stereocenters. The van der Waals surface area contributed by atoms with E-state index in [2.05, 4.69) is 0 Å². The molecular formula is C7H10KNO3S. The molecule has 13 heavy (non-hydrogen) atoms. The van der Waals surface area contributed by atoms with Gasteiger partial charge in [0.05, 0.1) is 4.90 Å². The molecule has 0 aromatic heterocycles. The van der Waals surface area contributed by atoms with Crippen LogP contribution in [0.5, 0.6) is 0 Å². The van der Waals surface area contributed by atoms with Crippen LogP contribution in [0.2, 0.25) is 0 Å². The molecule has 1 aromatic rings. The van der Waals surface area contributed by atoms with E-state index in [1.807, 2.05) is 0 Å². The molecule has 6 heteroatoms. The van der Waals surface area contributed by atoms with Crippen LogP contribution in [0, 0.1) is 6.92 Å². The number of anilines is 1. The maximum absolute atomic E-state index is 10.6. The summed E-state index contributed by atoms with van der Waals surface area (Å²) in [5, 5.41) is 0. The number of hydrogen-bond donors (Lipinski definition) is 2. The van der Waals surface area contributed by atoms with Crippen molar-refractivity contribution in [3.63, 3.8) is 0 Å². The summed E-state index contributed by atoms with van der Waals surface area (Å²) < 4.78 is 29.8. The van der Waals surface area contributed by atoms with E-state index in [4.69, 9.17) is 10.3 Å². The van der Waals surface area contributed by atoms with Crippen LogP contribution in [0.4, 0.5) is 5.69 Å². The van der Waals surface area contributed by atoms with Gasteiger partial charge >= 0.3 is 51.4 Å². The van der Waals surface area contributed by atoms with Gasteiger partial charge in [-0.3, -0.25) is 4.55 Å². The molecule has 1 rings (SSSR count). The molecule has 0 atom stereocenters. The number of rotatable bonds is 1. The molecule has 0 heterocycles. The molecule has 0 spiro atoms. The van der Waals surface area contributed by atoms with Crippen LogP contribution < -0.4 is 5.73 Å². The van der Waals surface area contributed by atoms with E-state index in [9.17, 15) is 8.42 Å². The van der Waals surface area contributed by atoms with Crippen LogP contribution in [0.25, 0.3) is 0 Å². The second-order valence-electron chi connectivity index (χ2n) is 2.49. The zero-order chi connectivity index (χ0) is 9.35. The Kier molecular flexibility index (Phi) is 5.09. The molecule has 0 aliphatic heterocycles. The Hall–Kier alpha value is 0.566. The van der Waals surface area contributed by atoms with Crippen LogP contribution in [-0.4, -0.2) is 64.4 Å². The Morgan fingerprint density at radius 2 is 1.92 bits per heavy atom. The standard InChI is InChI=1S/C7H9NO3S.K.H/c1-5-2-3-6(4-7(5)8)12(9,10)11;;/h2-4H,8H2,1H3,(H,9,10,11);;. The summed E-state index contributed by atoms with van der Waals surface area (Å²) in [6, 6.07) is 4.07. The molecule has 1 aromatic carbocycles. The summed E-state index contributed by atoms with van der Waals surface area (Å²) in [5.74, 6) is 0. The SMILES string of the molecule is Cc1ccc(S(=O)(=O)O)cc1N.[KH]. The third kappa shape index (κ3) is 3.66. The second-order valence-corrected chi connectivity index (χ2v) is 3.91. The van der Waals surface area contributed by atoms with E-state index >= 15 is 0 Å². The first-order valence-electron chi connectivity index (χ1n) is 3.25. The average Bonchev–Trinajstić information content (AvgIpc) is 1.92. The van der Waals surface area contributed by atoms with E-state index in [1.165, 1.54) is 12.1 Å².